The van der Waals surface area contributed by atoms with Crippen LogP contribution in [0, 0.1) is 11.6 Å². The fraction of sp³-hybridized carbons (Fsp3) is 0.100. The summed E-state index contributed by atoms with van der Waals surface area (Å²) in [6.45, 7) is -0.734. The third kappa shape index (κ3) is 3.55. The Balaban J connectivity index is 3.07. The molecule has 1 rings (SSSR count). The Bertz CT molecular complexity index is 554. The van der Waals surface area contributed by atoms with Crippen LogP contribution in [0.2, 0.25) is 0 Å². The first-order chi connectivity index (χ1) is 8.06. The van der Waals surface area contributed by atoms with Crippen LogP contribution in [0.25, 0.3) is 0 Å². The molecule has 88 valence electrons. The van der Waals surface area contributed by atoms with Gasteiger partial charge in [-0.3, -0.25) is 0 Å². The fourth-order valence-corrected chi connectivity index (χ4v) is 1.38. The standard InChI is InChI=1S/C10H7FNO4P/c11-8-4-2-1-3-7(8)10(15)12(6-17-16)5-9(13)14/h1-4H,5H2,(H,13,14). The molecule has 0 aromatic heterocycles. The van der Waals surface area contributed by atoms with E-state index in [0.717, 1.165) is 6.07 Å². The molecule has 0 heterocycles. The van der Waals surface area contributed by atoms with Crippen molar-refractivity contribution in [3.63, 3.8) is 0 Å². The van der Waals surface area contributed by atoms with Crippen LogP contribution in [-0.2, 0) is 9.36 Å². The molecule has 0 bridgehead atoms. The predicted octanol–water partition coefficient (Wildman–Crippen LogP) is 1.56. The summed E-state index contributed by atoms with van der Waals surface area (Å²) in [5.41, 5.74) is -0.301. The van der Waals surface area contributed by atoms with E-state index in [2.05, 4.69) is 0 Å². The van der Waals surface area contributed by atoms with E-state index in [4.69, 9.17) is 5.11 Å². The molecule has 7 heteroatoms. The molecule has 0 aliphatic carbocycles. The number of hydrogen-bond donors (Lipinski definition) is 1. The second-order valence-corrected chi connectivity index (χ2v) is 3.34. The number of halogens is 1. The first-order valence-corrected chi connectivity index (χ1v) is 5.23. The molecule has 0 aliphatic heterocycles. The molecule has 0 unspecified atom stereocenters. The first-order valence-electron chi connectivity index (χ1n) is 4.42. The quantitative estimate of drug-likeness (QED) is 0.657. The van der Waals surface area contributed by atoms with Crippen molar-refractivity contribution in [2.24, 2.45) is 0 Å². The Labute approximate surface area is 97.0 Å². The van der Waals surface area contributed by atoms with Gasteiger partial charge >= 0.3 is 96.3 Å². The van der Waals surface area contributed by atoms with Crippen LogP contribution in [-0.4, -0.2) is 28.4 Å². The summed E-state index contributed by atoms with van der Waals surface area (Å²) in [5, 5.41) is 8.54. The maximum atomic E-state index is 13.3. The molecular formula is C10H7FNO4P. The fourth-order valence-electron chi connectivity index (χ4n) is 1.12. The normalized spacial score (nSPS) is 9.24. The van der Waals surface area contributed by atoms with Crippen molar-refractivity contribution in [3.05, 3.63) is 35.6 Å². The van der Waals surface area contributed by atoms with Gasteiger partial charge in [0, 0.05) is 0 Å². The van der Waals surface area contributed by atoms with Gasteiger partial charge in [0.25, 0.3) is 0 Å². The molecule has 5 nitrogen and oxygen atoms in total. The topological polar surface area (TPSA) is 74.7 Å². The Hall–Kier alpha value is -1.90. The van der Waals surface area contributed by atoms with Gasteiger partial charge in [-0.2, -0.15) is 0 Å². The number of carboxylic acid groups (broad SMARTS) is 1. The van der Waals surface area contributed by atoms with Crippen LogP contribution in [0.4, 0.5) is 4.39 Å². The average molecular weight is 255 g/mol. The van der Waals surface area contributed by atoms with E-state index < -0.39 is 32.2 Å². The Morgan fingerprint density at radius 2 is 2.06 bits per heavy atom. The van der Waals surface area contributed by atoms with E-state index in [-0.39, 0.29) is 5.56 Å². The number of carbonyl (C=O) groups is 2. The number of benzene rings is 1. The van der Waals surface area contributed by atoms with Crippen molar-refractivity contribution in [2.45, 2.75) is 0 Å². The van der Waals surface area contributed by atoms with Crippen molar-refractivity contribution in [2.75, 3.05) is 6.54 Å². The van der Waals surface area contributed by atoms with E-state index in [9.17, 15) is 18.5 Å². The van der Waals surface area contributed by atoms with Crippen molar-refractivity contribution in [3.8, 4) is 5.75 Å². The third-order valence-electron chi connectivity index (χ3n) is 1.80. The second kappa shape index (κ2) is 5.99. The van der Waals surface area contributed by atoms with Crippen LogP contribution in [0.5, 0.6) is 0 Å². The second-order valence-electron chi connectivity index (χ2n) is 2.96. The summed E-state index contributed by atoms with van der Waals surface area (Å²) in [5.74, 6) is -1.01. The van der Waals surface area contributed by atoms with Gasteiger partial charge in [-0.05, 0) is 0 Å². The van der Waals surface area contributed by atoms with Gasteiger partial charge in [0.15, 0.2) is 0 Å². The minimum atomic E-state index is -1.31. The van der Waals surface area contributed by atoms with Crippen LogP contribution < -0.4 is 0 Å². The molecule has 0 saturated heterocycles. The van der Waals surface area contributed by atoms with E-state index in [1.54, 1.807) is 0 Å². The molecule has 0 saturated carbocycles. The number of carboxylic acids is 1. The number of rotatable bonds is 3. The van der Waals surface area contributed by atoms with Gasteiger partial charge < -0.3 is 0 Å². The van der Waals surface area contributed by atoms with Crippen LogP contribution in [0.1, 0.15) is 10.4 Å². The summed E-state index contributed by atoms with van der Waals surface area (Å²) in [6.07, 6.45) is 0. The van der Waals surface area contributed by atoms with Crippen LogP contribution in [0.15, 0.2) is 24.3 Å². The molecule has 0 fully saturated rings. The Morgan fingerprint density at radius 1 is 1.41 bits per heavy atom. The summed E-state index contributed by atoms with van der Waals surface area (Å²) in [6, 6.07) is 5.11. The monoisotopic (exact) mass is 255 g/mol. The van der Waals surface area contributed by atoms with E-state index in [1.807, 2.05) is 5.75 Å². The van der Waals surface area contributed by atoms with E-state index >= 15 is 0 Å². The molecular weight excluding hydrogens is 248 g/mol. The number of hydrogen-bond acceptors (Lipinski definition) is 3. The van der Waals surface area contributed by atoms with Crippen molar-refractivity contribution in [1.29, 1.82) is 0 Å². The van der Waals surface area contributed by atoms with Gasteiger partial charge in [0.1, 0.15) is 0 Å². The summed E-state index contributed by atoms with van der Waals surface area (Å²) < 4.78 is 23.6. The maximum absolute atomic E-state index is 13.3. The van der Waals surface area contributed by atoms with Crippen molar-refractivity contribution >= 4 is 19.8 Å². The molecule has 1 amide bonds. The summed E-state index contributed by atoms with van der Waals surface area (Å²) in [7, 11) is -0.654. The van der Waals surface area contributed by atoms with Gasteiger partial charge in [0.05, 0.1) is 0 Å². The summed E-state index contributed by atoms with van der Waals surface area (Å²) >= 11 is 0. The zero-order valence-corrected chi connectivity index (χ0v) is 9.36. The van der Waals surface area contributed by atoms with Crippen LogP contribution >= 0.6 is 7.92 Å². The molecule has 1 aromatic rings. The number of amides is 1. The van der Waals surface area contributed by atoms with Crippen molar-refractivity contribution in [1.82, 2.24) is 4.90 Å². The third-order valence-corrected chi connectivity index (χ3v) is 2.13. The zero-order valence-electron chi connectivity index (χ0n) is 8.46. The summed E-state index contributed by atoms with van der Waals surface area (Å²) in [4.78, 5) is 22.7. The minimum absolute atomic E-state index is 0.301. The van der Waals surface area contributed by atoms with Gasteiger partial charge in [-0.15, -0.1) is 0 Å². The number of aliphatic carboxylic acids is 1. The van der Waals surface area contributed by atoms with Crippen molar-refractivity contribution < 1.29 is 23.7 Å². The predicted molar refractivity (Wildman–Crippen MR) is 56.6 cm³/mol. The molecule has 17 heavy (non-hydrogen) atoms. The molecule has 0 spiro atoms. The van der Waals surface area contributed by atoms with Gasteiger partial charge in [-0.25, -0.2) is 0 Å². The SMILES string of the molecule is O=P#CN(CC(=O)O)C(=O)c1ccccc1F. The van der Waals surface area contributed by atoms with E-state index in [0.29, 0.717) is 4.90 Å². The van der Waals surface area contributed by atoms with Gasteiger partial charge in [-0.1, -0.05) is 0 Å². The molecule has 1 N–H and O–H groups in total. The molecule has 0 radical (unpaired) electrons. The zero-order chi connectivity index (χ0) is 12.8. The average Bonchev–Trinajstić information content (AvgIpc) is 2.28. The Morgan fingerprint density at radius 3 is 2.59 bits per heavy atom. The molecule has 0 atom stereocenters. The Kier molecular flexibility index (Phi) is 4.64. The molecule has 1 aromatic carbocycles. The van der Waals surface area contributed by atoms with Gasteiger partial charge in [0.2, 0.25) is 0 Å². The molecule has 0 aliphatic rings. The van der Waals surface area contributed by atoms with Crippen LogP contribution in [0.3, 0.4) is 0 Å². The number of nitrogens with zero attached hydrogens (tertiary/aromatic N) is 1. The number of carbonyl (C=O) groups excluding carboxylic acids is 1. The first kappa shape index (κ1) is 13.2. The van der Waals surface area contributed by atoms with E-state index in [1.165, 1.54) is 18.2 Å².